The van der Waals surface area contributed by atoms with Crippen LogP contribution in [-0.4, -0.2) is 68.1 Å². The number of hydrogen-bond donors (Lipinski definition) is 2. The standard InChI is InChI=1S/C18H25N3O3/c1-19-18(23)13-2-3-14-11-20-12-17(16(14)10-13)21-6-4-15(5-7-21)24-9-8-22/h2-3,10,14-15,20,22H,1,4-9,11-12H2. The number of aliphatic hydroxyl groups is 1. The molecule has 1 atom stereocenters. The highest BCUT2D eigenvalue weighted by Gasteiger charge is 2.29. The monoisotopic (exact) mass is 331 g/mol. The summed E-state index contributed by atoms with van der Waals surface area (Å²) < 4.78 is 5.64. The molecule has 0 spiro atoms. The second kappa shape index (κ2) is 7.88. The lowest BCUT2D eigenvalue weighted by Gasteiger charge is -2.39. The van der Waals surface area contributed by atoms with Crippen LogP contribution in [0.15, 0.2) is 40.1 Å². The molecule has 3 aliphatic rings. The van der Waals surface area contributed by atoms with Crippen molar-refractivity contribution >= 4 is 12.6 Å². The Morgan fingerprint density at radius 2 is 2.25 bits per heavy atom. The Balaban J connectivity index is 1.75. The number of piperidine rings is 1. The fourth-order valence-corrected chi connectivity index (χ4v) is 3.60. The van der Waals surface area contributed by atoms with Crippen LogP contribution >= 0.6 is 0 Å². The molecule has 1 unspecified atom stereocenters. The van der Waals surface area contributed by atoms with Crippen molar-refractivity contribution in [2.24, 2.45) is 10.9 Å². The zero-order chi connectivity index (χ0) is 16.9. The highest BCUT2D eigenvalue weighted by molar-refractivity contribution is 5.99. The average Bonchev–Trinajstić information content (AvgIpc) is 2.65. The van der Waals surface area contributed by atoms with E-state index in [-0.39, 0.29) is 18.6 Å². The summed E-state index contributed by atoms with van der Waals surface area (Å²) in [6.07, 6.45) is 8.06. The van der Waals surface area contributed by atoms with Crippen LogP contribution < -0.4 is 5.32 Å². The van der Waals surface area contributed by atoms with Gasteiger partial charge in [-0.3, -0.25) is 4.79 Å². The van der Waals surface area contributed by atoms with Gasteiger partial charge < -0.3 is 20.1 Å². The van der Waals surface area contributed by atoms with Gasteiger partial charge in [-0.2, -0.15) is 0 Å². The van der Waals surface area contributed by atoms with E-state index in [0.29, 0.717) is 18.1 Å². The number of rotatable bonds is 5. The average molecular weight is 331 g/mol. The molecule has 0 aromatic rings. The molecular formula is C18H25N3O3. The molecule has 2 heterocycles. The van der Waals surface area contributed by atoms with Crippen molar-refractivity contribution in [3.8, 4) is 0 Å². The summed E-state index contributed by atoms with van der Waals surface area (Å²) in [6, 6.07) is 0. The molecule has 1 fully saturated rings. The zero-order valence-electron chi connectivity index (χ0n) is 13.9. The normalized spacial score (nSPS) is 24.6. The molecule has 3 rings (SSSR count). The first-order chi connectivity index (χ1) is 11.7. The van der Waals surface area contributed by atoms with E-state index in [1.807, 2.05) is 12.2 Å². The summed E-state index contributed by atoms with van der Waals surface area (Å²) in [5.74, 6) is 0.0321. The lowest BCUT2D eigenvalue weighted by Crippen LogP contribution is -2.43. The van der Waals surface area contributed by atoms with E-state index < -0.39 is 0 Å². The summed E-state index contributed by atoms with van der Waals surface area (Å²) in [6.45, 7) is 7.41. The summed E-state index contributed by atoms with van der Waals surface area (Å²) in [4.78, 5) is 17.8. The van der Waals surface area contributed by atoms with Crippen molar-refractivity contribution in [1.29, 1.82) is 0 Å². The molecule has 1 saturated heterocycles. The molecule has 1 aliphatic carbocycles. The fourth-order valence-electron chi connectivity index (χ4n) is 3.60. The van der Waals surface area contributed by atoms with Crippen molar-refractivity contribution in [2.75, 3.05) is 39.4 Å². The second-order valence-electron chi connectivity index (χ2n) is 6.34. The van der Waals surface area contributed by atoms with E-state index >= 15 is 0 Å². The first-order valence-corrected chi connectivity index (χ1v) is 8.55. The molecule has 6 heteroatoms. The van der Waals surface area contributed by atoms with Crippen molar-refractivity contribution in [1.82, 2.24) is 10.2 Å². The van der Waals surface area contributed by atoms with Gasteiger partial charge in [-0.1, -0.05) is 12.2 Å². The van der Waals surface area contributed by atoms with Crippen molar-refractivity contribution in [3.05, 3.63) is 35.1 Å². The van der Waals surface area contributed by atoms with Gasteiger partial charge in [-0.05, 0) is 31.2 Å². The summed E-state index contributed by atoms with van der Waals surface area (Å²) >= 11 is 0. The number of carbonyl (C=O) groups excluding carboxylic acids is 1. The number of carbonyl (C=O) groups is 1. The maximum absolute atomic E-state index is 11.8. The highest BCUT2D eigenvalue weighted by atomic mass is 16.5. The molecule has 0 aromatic heterocycles. The Bertz CT molecular complexity index is 586. The molecule has 2 aliphatic heterocycles. The number of allylic oxidation sites excluding steroid dienone is 1. The molecule has 0 aromatic carbocycles. The van der Waals surface area contributed by atoms with Crippen LogP contribution in [0, 0.1) is 5.92 Å². The van der Waals surface area contributed by atoms with Crippen LogP contribution in [0.3, 0.4) is 0 Å². The number of likely N-dealkylation sites (tertiary alicyclic amines) is 1. The Morgan fingerprint density at radius 3 is 2.96 bits per heavy atom. The van der Waals surface area contributed by atoms with Gasteiger partial charge in [0.25, 0.3) is 5.91 Å². The number of aliphatic imine (C=N–C) groups is 1. The van der Waals surface area contributed by atoms with Crippen molar-refractivity contribution < 1.29 is 14.6 Å². The van der Waals surface area contributed by atoms with Crippen LogP contribution in [0.1, 0.15) is 12.8 Å². The molecule has 130 valence electrons. The van der Waals surface area contributed by atoms with Crippen molar-refractivity contribution in [2.45, 2.75) is 18.9 Å². The molecule has 0 saturated carbocycles. The Labute approximate surface area is 142 Å². The molecular weight excluding hydrogens is 306 g/mol. The SMILES string of the molecule is C=NC(=O)C1=CC2=C(N3CCC(OCCO)CC3)CNCC2C=C1. The third kappa shape index (κ3) is 3.66. The van der Waals surface area contributed by atoms with E-state index in [4.69, 9.17) is 9.84 Å². The van der Waals surface area contributed by atoms with Gasteiger partial charge in [0.05, 0.1) is 19.3 Å². The maximum atomic E-state index is 11.8. The lowest BCUT2D eigenvalue weighted by atomic mass is 9.86. The quantitative estimate of drug-likeness (QED) is 0.724. The highest BCUT2D eigenvalue weighted by Crippen LogP contribution is 2.31. The van der Waals surface area contributed by atoms with Gasteiger partial charge in [-0.15, -0.1) is 0 Å². The summed E-state index contributed by atoms with van der Waals surface area (Å²) in [5.41, 5.74) is 3.10. The Morgan fingerprint density at radius 1 is 1.46 bits per heavy atom. The third-order valence-corrected chi connectivity index (χ3v) is 4.87. The minimum atomic E-state index is -0.272. The van der Waals surface area contributed by atoms with Gasteiger partial charge in [-0.25, -0.2) is 4.99 Å². The van der Waals surface area contributed by atoms with Crippen LogP contribution in [0.4, 0.5) is 0 Å². The second-order valence-corrected chi connectivity index (χ2v) is 6.34. The van der Waals surface area contributed by atoms with E-state index in [1.54, 1.807) is 0 Å². The fraction of sp³-hybridized carbons (Fsp3) is 0.556. The van der Waals surface area contributed by atoms with Crippen LogP contribution in [0.5, 0.6) is 0 Å². The number of fused-ring (bicyclic) bond motifs is 1. The van der Waals surface area contributed by atoms with Gasteiger partial charge in [0.15, 0.2) is 0 Å². The van der Waals surface area contributed by atoms with E-state index in [9.17, 15) is 4.79 Å². The van der Waals surface area contributed by atoms with E-state index in [1.165, 1.54) is 11.3 Å². The molecule has 1 amide bonds. The topological polar surface area (TPSA) is 74.2 Å². The number of hydrogen-bond acceptors (Lipinski definition) is 5. The number of nitrogens with zero attached hydrogens (tertiary/aromatic N) is 2. The number of nitrogens with one attached hydrogen (secondary N) is 1. The van der Waals surface area contributed by atoms with Gasteiger partial charge in [0, 0.05) is 43.4 Å². The number of amides is 1. The largest absolute Gasteiger partial charge is 0.394 e. The van der Waals surface area contributed by atoms with E-state index in [2.05, 4.69) is 28.0 Å². The van der Waals surface area contributed by atoms with Crippen LogP contribution in [-0.2, 0) is 9.53 Å². The van der Waals surface area contributed by atoms with Crippen LogP contribution in [0.2, 0.25) is 0 Å². The number of ether oxygens (including phenoxy) is 1. The van der Waals surface area contributed by atoms with Crippen molar-refractivity contribution in [3.63, 3.8) is 0 Å². The minimum absolute atomic E-state index is 0.0758. The summed E-state index contributed by atoms with van der Waals surface area (Å²) in [7, 11) is 0. The van der Waals surface area contributed by atoms with Gasteiger partial charge in [0.1, 0.15) is 0 Å². The van der Waals surface area contributed by atoms with Gasteiger partial charge in [0.2, 0.25) is 0 Å². The van der Waals surface area contributed by atoms with E-state index in [0.717, 1.165) is 39.0 Å². The number of aliphatic hydroxyl groups excluding tert-OH is 1. The first kappa shape index (κ1) is 17.1. The Kier molecular flexibility index (Phi) is 5.60. The summed E-state index contributed by atoms with van der Waals surface area (Å²) in [5, 5.41) is 12.3. The smallest absolute Gasteiger partial charge is 0.276 e. The predicted molar refractivity (Wildman–Crippen MR) is 92.8 cm³/mol. The zero-order valence-corrected chi connectivity index (χ0v) is 13.9. The molecule has 0 radical (unpaired) electrons. The van der Waals surface area contributed by atoms with Gasteiger partial charge >= 0.3 is 0 Å². The third-order valence-electron chi connectivity index (χ3n) is 4.87. The molecule has 6 nitrogen and oxygen atoms in total. The molecule has 0 bridgehead atoms. The first-order valence-electron chi connectivity index (χ1n) is 8.55. The minimum Gasteiger partial charge on any atom is -0.394 e. The predicted octanol–water partition coefficient (Wildman–Crippen LogP) is 0.657. The molecule has 2 N–H and O–H groups in total. The maximum Gasteiger partial charge on any atom is 0.276 e. The Hall–Kier alpha value is -1.76. The van der Waals surface area contributed by atoms with Crippen LogP contribution in [0.25, 0.3) is 0 Å². The molecule has 24 heavy (non-hydrogen) atoms. The lowest BCUT2D eigenvalue weighted by molar-refractivity contribution is -0.114.